The number of ketones is 1. The number of carbonyl (C=O) groups is 1. The number of ether oxygens (including phenoxy) is 1. The zero-order valence-corrected chi connectivity index (χ0v) is 11.4. The maximum Gasteiger partial charge on any atom is 0.244 e. The van der Waals surface area contributed by atoms with Gasteiger partial charge in [-0.1, -0.05) is 0 Å². The molecule has 0 saturated heterocycles. The highest BCUT2D eigenvalue weighted by Gasteiger charge is 2.34. The average molecular weight is 262 g/mol. The molecule has 0 aromatic carbocycles. The van der Waals surface area contributed by atoms with Gasteiger partial charge < -0.3 is 9.30 Å². The molecule has 2 heterocycles. The van der Waals surface area contributed by atoms with Crippen molar-refractivity contribution in [3.63, 3.8) is 0 Å². The van der Waals surface area contributed by atoms with Crippen LogP contribution in [0.25, 0.3) is 0 Å². The number of hydrogen-bond donors (Lipinski definition) is 0. The van der Waals surface area contributed by atoms with E-state index in [1.54, 1.807) is 17.8 Å². The molecule has 94 valence electrons. The summed E-state index contributed by atoms with van der Waals surface area (Å²) in [4.78, 5) is 16.9. The summed E-state index contributed by atoms with van der Waals surface area (Å²) in [5.41, 5.74) is 3.87. The largest absolute Gasteiger partial charge is 0.492 e. The lowest BCUT2D eigenvalue weighted by molar-refractivity contribution is 0.0943. The minimum atomic E-state index is -0.0441. The molecule has 0 amide bonds. The highest BCUT2D eigenvalue weighted by molar-refractivity contribution is 7.98. The van der Waals surface area contributed by atoms with Gasteiger partial charge in [0.1, 0.15) is 5.69 Å². The van der Waals surface area contributed by atoms with Crippen LogP contribution in [0.5, 0.6) is 0 Å². The Balaban J connectivity index is 2.33. The molecule has 2 aliphatic rings. The number of allylic oxidation sites excluding steroid dienone is 2. The van der Waals surface area contributed by atoms with Crippen LogP contribution in [-0.4, -0.2) is 36.0 Å². The first-order chi connectivity index (χ1) is 8.69. The van der Waals surface area contributed by atoms with Crippen LogP contribution in [-0.2, 0) is 18.2 Å². The lowest BCUT2D eigenvalue weighted by Crippen LogP contribution is -2.22. The van der Waals surface area contributed by atoms with Crippen molar-refractivity contribution in [1.82, 2.24) is 4.57 Å². The van der Waals surface area contributed by atoms with Gasteiger partial charge in [-0.2, -0.15) is 0 Å². The lowest BCUT2D eigenvalue weighted by atomic mass is 9.93. The molecule has 1 aromatic heterocycles. The summed E-state index contributed by atoms with van der Waals surface area (Å²) in [7, 11) is 3.46. The molecular formula is C13H14N2O2S. The minimum absolute atomic E-state index is 0.0441. The first kappa shape index (κ1) is 11.6. The third kappa shape index (κ3) is 1.34. The summed E-state index contributed by atoms with van der Waals surface area (Å²) in [6.45, 7) is 0.779. The van der Waals surface area contributed by atoms with Gasteiger partial charge in [-0.05, 0) is 18.2 Å². The molecule has 0 spiro atoms. The third-order valence-corrected chi connectivity index (χ3v) is 4.36. The van der Waals surface area contributed by atoms with Gasteiger partial charge in [-0.25, -0.2) is 0 Å². The molecule has 0 bridgehead atoms. The van der Waals surface area contributed by atoms with Crippen molar-refractivity contribution in [3.05, 3.63) is 28.7 Å². The Morgan fingerprint density at radius 3 is 2.94 bits per heavy atom. The van der Waals surface area contributed by atoms with E-state index < -0.39 is 0 Å². The van der Waals surface area contributed by atoms with Crippen molar-refractivity contribution in [2.45, 2.75) is 11.4 Å². The normalized spacial score (nSPS) is 17.2. The van der Waals surface area contributed by atoms with Crippen LogP contribution in [0, 0.1) is 0 Å². The molecule has 0 N–H and O–H groups in total. The van der Waals surface area contributed by atoms with Gasteiger partial charge >= 0.3 is 0 Å². The molecule has 1 aliphatic carbocycles. The zero-order valence-electron chi connectivity index (χ0n) is 10.6. The van der Waals surface area contributed by atoms with Gasteiger partial charge in [-0.15, -0.1) is 11.8 Å². The molecule has 0 unspecified atom stereocenters. The van der Waals surface area contributed by atoms with Crippen LogP contribution >= 0.6 is 11.8 Å². The van der Waals surface area contributed by atoms with E-state index in [-0.39, 0.29) is 5.78 Å². The fourth-order valence-corrected chi connectivity index (χ4v) is 3.51. The van der Waals surface area contributed by atoms with Crippen molar-refractivity contribution in [1.29, 1.82) is 0 Å². The fraction of sp³-hybridized carbons (Fsp3) is 0.385. The smallest absolute Gasteiger partial charge is 0.244 e. The van der Waals surface area contributed by atoms with Crippen LogP contribution in [0.4, 0.5) is 0 Å². The molecule has 5 heteroatoms. The van der Waals surface area contributed by atoms with Gasteiger partial charge in [0, 0.05) is 25.2 Å². The van der Waals surface area contributed by atoms with Crippen molar-refractivity contribution in [2.75, 3.05) is 19.9 Å². The maximum absolute atomic E-state index is 12.4. The van der Waals surface area contributed by atoms with Crippen LogP contribution in [0.3, 0.4) is 0 Å². The minimum Gasteiger partial charge on any atom is -0.492 e. The van der Waals surface area contributed by atoms with E-state index in [0.29, 0.717) is 11.5 Å². The van der Waals surface area contributed by atoms with E-state index in [4.69, 9.17) is 4.74 Å². The first-order valence-electron chi connectivity index (χ1n) is 5.79. The Morgan fingerprint density at radius 1 is 1.50 bits per heavy atom. The number of aromatic nitrogens is 1. The van der Waals surface area contributed by atoms with Crippen LogP contribution < -0.4 is 0 Å². The Bertz CT molecular complexity index is 611. The summed E-state index contributed by atoms with van der Waals surface area (Å²) in [6, 6.07) is 0. The summed E-state index contributed by atoms with van der Waals surface area (Å²) >= 11 is 1.68. The summed E-state index contributed by atoms with van der Waals surface area (Å²) in [5.74, 6) is 0.334. The molecule has 3 rings (SSSR count). The Morgan fingerprint density at radius 2 is 2.28 bits per heavy atom. The molecular weight excluding hydrogens is 248 g/mol. The van der Waals surface area contributed by atoms with Gasteiger partial charge in [0.15, 0.2) is 5.76 Å². The molecule has 1 aromatic rings. The molecule has 0 saturated carbocycles. The molecule has 0 atom stereocenters. The van der Waals surface area contributed by atoms with Crippen molar-refractivity contribution < 1.29 is 9.53 Å². The fourth-order valence-electron chi connectivity index (χ4n) is 2.70. The van der Waals surface area contributed by atoms with E-state index in [1.165, 1.54) is 12.7 Å². The number of nitrogens with zero attached hydrogens (tertiary/aromatic N) is 2. The zero-order chi connectivity index (χ0) is 12.9. The lowest BCUT2D eigenvalue weighted by Gasteiger charge is -2.18. The van der Waals surface area contributed by atoms with Gasteiger partial charge in [0.2, 0.25) is 5.78 Å². The second-order valence-electron chi connectivity index (χ2n) is 4.33. The average Bonchev–Trinajstić information content (AvgIpc) is 2.67. The SMILES string of the molecule is COC1=CC2=NCCc3c2c(n(C)c3SC)C1=O. The summed E-state index contributed by atoms with van der Waals surface area (Å²) in [5, 5.41) is 1.16. The van der Waals surface area contributed by atoms with Crippen LogP contribution in [0.2, 0.25) is 0 Å². The highest BCUT2D eigenvalue weighted by atomic mass is 32.2. The summed E-state index contributed by atoms with van der Waals surface area (Å²) in [6.07, 6.45) is 4.71. The predicted molar refractivity (Wildman–Crippen MR) is 71.7 cm³/mol. The van der Waals surface area contributed by atoms with Crippen LogP contribution in [0.15, 0.2) is 21.9 Å². The number of methoxy groups -OCH3 is 1. The number of thioether (sulfide) groups is 1. The van der Waals surface area contributed by atoms with Gasteiger partial charge in [-0.3, -0.25) is 9.79 Å². The maximum atomic E-state index is 12.4. The molecule has 0 fully saturated rings. The predicted octanol–water partition coefficient (Wildman–Crippen LogP) is 1.82. The molecule has 18 heavy (non-hydrogen) atoms. The number of hydrogen-bond acceptors (Lipinski definition) is 4. The number of aliphatic imine (C=N–C) groups is 1. The summed E-state index contributed by atoms with van der Waals surface area (Å²) < 4.78 is 7.14. The number of rotatable bonds is 2. The van der Waals surface area contributed by atoms with E-state index in [0.717, 1.165) is 29.3 Å². The number of carbonyl (C=O) groups excluding carboxylic acids is 1. The van der Waals surface area contributed by atoms with Crippen LogP contribution in [0.1, 0.15) is 21.6 Å². The van der Waals surface area contributed by atoms with Gasteiger partial charge in [0.25, 0.3) is 0 Å². The second-order valence-corrected chi connectivity index (χ2v) is 5.12. The van der Waals surface area contributed by atoms with Gasteiger partial charge in [0.05, 0.1) is 17.8 Å². The van der Waals surface area contributed by atoms with E-state index in [1.807, 2.05) is 17.9 Å². The first-order valence-corrected chi connectivity index (χ1v) is 7.02. The van der Waals surface area contributed by atoms with E-state index >= 15 is 0 Å². The van der Waals surface area contributed by atoms with Crippen molar-refractivity contribution in [2.24, 2.45) is 12.0 Å². The highest BCUT2D eigenvalue weighted by Crippen LogP contribution is 2.36. The Kier molecular flexibility index (Phi) is 2.59. The van der Waals surface area contributed by atoms with Crippen molar-refractivity contribution >= 4 is 23.3 Å². The second kappa shape index (κ2) is 4.02. The standard InChI is InChI=1S/C13H14N2O2S/c1-15-11-10-7(13(15)18-3)4-5-14-8(10)6-9(17-2)12(11)16/h6H,4-5H2,1-3H3. The molecule has 1 aliphatic heterocycles. The monoisotopic (exact) mass is 262 g/mol. The topological polar surface area (TPSA) is 43.6 Å². The van der Waals surface area contributed by atoms with Crippen molar-refractivity contribution in [3.8, 4) is 0 Å². The third-order valence-electron chi connectivity index (χ3n) is 3.46. The Labute approximate surface area is 110 Å². The Hall–Kier alpha value is -1.49. The van der Waals surface area contributed by atoms with E-state index in [9.17, 15) is 4.79 Å². The van der Waals surface area contributed by atoms with E-state index in [2.05, 4.69) is 4.99 Å². The molecule has 0 radical (unpaired) electrons. The quantitative estimate of drug-likeness (QED) is 0.764. The molecule has 4 nitrogen and oxygen atoms in total. The number of Topliss-reactive ketones (excluding diaryl/α,β-unsaturated/α-hetero) is 1.